The van der Waals surface area contributed by atoms with Crippen LogP contribution in [0.3, 0.4) is 0 Å². The number of hydrogen-bond donors (Lipinski definition) is 0. The molecule has 1 atom stereocenters. The Morgan fingerprint density at radius 3 is 2.23 bits per heavy atom. The lowest BCUT2D eigenvalue weighted by molar-refractivity contribution is 0.0688. The highest BCUT2D eigenvalue weighted by molar-refractivity contribution is 5.95. The summed E-state index contributed by atoms with van der Waals surface area (Å²) in [5, 5.41) is 0. The minimum atomic E-state index is -0.803. The summed E-state index contributed by atoms with van der Waals surface area (Å²) in [6, 6.07) is 11.5. The van der Waals surface area contributed by atoms with E-state index in [0.717, 1.165) is 29.3 Å². The molecule has 1 aliphatic rings. The summed E-state index contributed by atoms with van der Waals surface area (Å²) < 4.78 is 52.5. The molecule has 0 N–H and O–H groups in total. The first kappa shape index (κ1) is 20.8. The second kappa shape index (κ2) is 8.34. The van der Waals surface area contributed by atoms with Gasteiger partial charge in [-0.05, 0) is 65.6 Å². The fraction of sp³-hybridized carbons (Fsp3) is 0.208. The molecule has 0 radical (unpaired) electrons. The number of fused-ring (bicyclic) bond motifs is 1. The van der Waals surface area contributed by atoms with Crippen LogP contribution in [0.5, 0.6) is 11.5 Å². The van der Waals surface area contributed by atoms with Gasteiger partial charge in [0.2, 0.25) is 0 Å². The summed E-state index contributed by atoms with van der Waals surface area (Å²) in [5.41, 5.74) is 1.96. The van der Waals surface area contributed by atoms with Crippen LogP contribution >= 0.6 is 0 Å². The lowest BCUT2D eigenvalue weighted by Gasteiger charge is -2.38. The maximum atomic E-state index is 14.4. The van der Waals surface area contributed by atoms with Crippen molar-refractivity contribution in [3.63, 3.8) is 0 Å². The van der Waals surface area contributed by atoms with E-state index in [-0.39, 0.29) is 12.1 Å². The van der Waals surface area contributed by atoms with Gasteiger partial charge in [0.15, 0.2) is 11.5 Å². The molecule has 7 heteroatoms. The van der Waals surface area contributed by atoms with Crippen LogP contribution in [-0.4, -0.2) is 31.6 Å². The van der Waals surface area contributed by atoms with Crippen molar-refractivity contribution in [3.8, 4) is 11.5 Å². The Morgan fingerprint density at radius 2 is 1.55 bits per heavy atom. The van der Waals surface area contributed by atoms with E-state index in [4.69, 9.17) is 9.47 Å². The molecule has 1 heterocycles. The van der Waals surface area contributed by atoms with Crippen LogP contribution in [-0.2, 0) is 6.42 Å². The maximum Gasteiger partial charge on any atom is 0.257 e. The fourth-order valence-electron chi connectivity index (χ4n) is 3.99. The van der Waals surface area contributed by atoms with Gasteiger partial charge < -0.3 is 14.4 Å². The highest BCUT2D eigenvalue weighted by Gasteiger charge is 2.35. The number of halogens is 3. The molecule has 1 amide bonds. The molecule has 3 aromatic rings. The van der Waals surface area contributed by atoms with Crippen molar-refractivity contribution >= 4 is 5.91 Å². The van der Waals surface area contributed by atoms with Gasteiger partial charge in [0.25, 0.3) is 5.91 Å². The first-order chi connectivity index (χ1) is 14.9. The molecule has 0 spiro atoms. The highest BCUT2D eigenvalue weighted by atomic mass is 19.1. The number of methoxy groups -OCH3 is 2. The van der Waals surface area contributed by atoms with Crippen molar-refractivity contribution in [1.29, 1.82) is 0 Å². The van der Waals surface area contributed by atoms with Crippen molar-refractivity contribution in [1.82, 2.24) is 4.90 Å². The van der Waals surface area contributed by atoms with E-state index in [2.05, 4.69) is 0 Å². The number of hydrogen-bond acceptors (Lipinski definition) is 3. The molecule has 0 fully saturated rings. The molecule has 31 heavy (non-hydrogen) atoms. The molecule has 1 aliphatic heterocycles. The Labute approximate surface area is 177 Å². The van der Waals surface area contributed by atoms with Gasteiger partial charge in [0, 0.05) is 6.54 Å². The number of benzene rings is 3. The molecule has 1 unspecified atom stereocenters. The molecule has 0 aliphatic carbocycles. The van der Waals surface area contributed by atoms with Gasteiger partial charge in [-0.25, -0.2) is 13.2 Å². The number of ether oxygens (including phenoxy) is 2. The Kier molecular flexibility index (Phi) is 5.59. The summed E-state index contributed by atoms with van der Waals surface area (Å²) in [5.74, 6) is -1.54. The Balaban J connectivity index is 1.87. The lowest BCUT2D eigenvalue weighted by Crippen LogP contribution is -2.41. The van der Waals surface area contributed by atoms with E-state index in [0.29, 0.717) is 23.5 Å². The van der Waals surface area contributed by atoms with E-state index in [1.54, 1.807) is 18.2 Å². The second-order valence-electron chi connectivity index (χ2n) is 7.23. The third-order valence-electron chi connectivity index (χ3n) is 5.48. The van der Waals surface area contributed by atoms with Crippen LogP contribution < -0.4 is 9.47 Å². The van der Waals surface area contributed by atoms with Crippen LogP contribution in [0, 0.1) is 17.5 Å². The SMILES string of the molecule is COc1cc2c(cc1OC)C(c1ccc(F)cc1)N(C(=O)c1cc(F)ccc1F)CC2. The summed E-state index contributed by atoms with van der Waals surface area (Å²) >= 11 is 0. The molecule has 4 nitrogen and oxygen atoms in total. The van der Waals surface area contributed by atoms with Crippen LogP contribution in [0.15, 0.2) is 54.6 Å². The molecule has 4 rings (SSSR count). The summed E-state index contributed by atoms with van der Waals surface area (Å²) in [4.78, 5) is 14.8. The zero-order valence-corrected chi connectivity index (χ0v) is 17.0. The van der Waals surface area contributed by atoms with Gasteiger partial charge in [0.1, 0.15) is 17.5 Å². The zero-order chi connectivity index (χ0) is 22.1. The zero-order valence-electron chi connectivity index (χ0n) is 17.0. The predicted octanol–water partition coefficient (Wildman–Crippen LogP) is 4.91. The number of carbonyl (C=O) groups excluding carboxylic acids is 1. The predicted molar refractivity (Wildman–Crippen MR) is 109 cm³/mol. The van der Waals surface area contributed by atoms with E-state index < -0.39 is 29.4 Å². The first-order valence-electron chi connectivity index (χ1n) is 9.69. The van der Waals surface area contributed by atoms with Gasteiger partial charge in [0.05, 0.1) is 25.8 Å². The first-order valence-corrected chi connectivity index (χ1v) is 9.69. The lowest BCUT2D eigenvalue weighted by atomic mass is 9.87. The van der Waals surface area contributed by atoms with Crippen LogP contribution in [0.25, 0.3) is 0 Å². The number of amides is 1. The molecular weight excluding hydrogens is 407 g/mol. The van der Waals surface area contributed by atoms with Crippen molar-refractivity contribution in [3.05, 3.63) is 94.3 Å². The van der Waals surface area contributed by atoms with Gasteiger partial charge in [-0.15, -0.1) is 0 Å². The van der Waals surface area contributed by atoms with Gasteiger partial charge in [-0.1, -0.05) is 12.1 Å². The topological polar surface area (TPSA) is 38.8 Å². The van der Waals surface area contributed by atoms with Gasteiger partial charge in [-0.3, -0.25) is 4.79 Å². The standard InChI is InChI=1S/C24H20F3NO3/c1-30-21-11-15-9-10-28(24(29)19-12-17(26)7-8-20(19)27)23(18(15)13-22(21)31-2)14-3-5-16(25)6-4-14/h3-8,11-13,23H,9-10H2,1-2H3. The average Bonchev–Trinajstić information content (AvgIpc) is 2.79. The molecule has 0 bridgehead atoms. The van der Waals surface area contributed by atoms with Crippen LogP contribution in [0.2, 0.25) is 0 Å². The second-order valence-corrected chi connectivity index (χ2v) is 7.23. The normalized spacial score (nSPS) is 15.4. The summed E-state index contributed by atoms with van der Waals surface area (Å²) in [6.07, 6.45) is 0.482. The van der Waals surface area contributed by atoms with Gasteiger partial charge >= 0.3 is 0 Å². The molecule has 0 saturated heterocycles. The van der Waals surface area contributed by atoms with Crippen molar-refractivity contribution < 1.29 is 27.4 Å². The average molecular weight is 427 g/mol. The van der Waals surface area contributed by atoms with Crippen molar-refractivity contribution in [2.24, 2.45) is 0 Å². The number of rotatable bonds is 4. The quantitative estimate of drug-likeness (QED) is 0.594. The van der Waals surface area contributed by atoms with Crippen LogP contribution in [0.4, 0.5) is 13.2 Å². The van der Waals surface area contributed by atoms with Crippen molar-refractivity contribution in [2.45, 2.75) is 12.5 Å². The molecule has 0 saturated carbocycles. The smallest absolute Gasteiger partial charge is 0.257 e. The van der Waals surface area contributed by atoms with E-state index in [1.165, 1.54) is 31.3 Å². The van der Waals surface area contributed by atoms with E-state index >= 15 is 0 Å². The minimum absolute atomic E-state index is 0.263. The third kappa shape index (κ3) is 3.83. The molecule has 0 aromatic heterocycles. The Morgan fingerprint density at radius 1 is 0.903 bits per heavy atom. The minimum Gasteiger partial charge on any atom is -0.493 e. The van der Waals surface area contributed by atoms with E-state index in [1.807, 2.05) is 6.07 Å². The van der Waals surface area contributed by atoms with E-state index in [9.17, 15) is 18.0 Å². The monoisotopic (exact) mass is 427 g/mol. The molecule has 3 aromatic carbocycles. The Hall–Kier alpha value is -3.48. The summed E-state index contributed by atoms with van der Waals surface area (Å²) in [7, 11) is 3.04. The molecular formula is C24H20F3NO3. The maximum absolute atomic E-state index is 14.4. The third-order valence-corrected chi connectivity index (χ3v) is 5.48. The highest BCUT2D eigenvalue weighted by Crippen LogP contribution is 2.41. The number of carbonyl (C=O) groups is 1. The van der Waals surface area contributed by atoms with Gasteiger partial charge in [-0.2, -0.15) is 0 Å². The molecule has 160 valence electrons. The Bertz CT molecular complexity index is 1130. The summed E-state index contributed by atoms with van der Waals surface area (Å²) in [6.45, 7) is 0.263. The van der Waals surface area contributed by atoms with Crippen LogP contribution in [0.1, 0.15) is 33.1 Å². The fourth-order valence-corrected chi connectivity index (χ4v) is 3.99. The largest absolute Gasteiger partial charge is 0.493 e. The van der Waals surface area contributed by atoms with Crippen molar-refractivity contribution in [2.75, 3.05) is 20.8 Å². The number of nitrogens with zero attached hydrogens (tertiary/aromatic N) is 1.